The Labute approximate surface area is 350 Å². The summed E-state index contributed by atoms with van der Waals surface area (Å²) in [5, 5.41) is 4.50. The van der Waals surface area contributed by atoms with Crippen LogP contribution >= 0.6 is 22.7 Å². The van der Waals surface area contributed by atoms with Gasteiger partial charge in [-0.1, -0.05) is 146 Å². The smallest absolute Gasteiger partial charge is 0.124 e. The second kappa shape index (κ2) is 15.0. The summed E-state index contributed by atoms with van der Waals surface area (Å²) in [6.07, 6.45) is 0. The Kier molecular flexibility index (Phi) is 8.88. The topological polar surface area (TPSA) is 29.0 Å². The molecule has 278 valence electrons. The Hall–Kier alpha value is -7.18. The summed E-state index contributed by atoms with van der Waals surface area (Å²) in [7, 11) is 0. The minimum Gasteiger partial charge on any atom is -0.310 e. The van der Waals surface area contributed by atoms with Gasteiger partial charge in [-0.2, -0.15) is 0 Å². The van der Waals surface area contributed by atoms with Crippen molar-refractivity contribution in [3.05, 3.63) is 212 Å². The van der Waals surface area contributed by atoms with Crippen LogP contribution in [0.1, 0.15) is 0 Å². The monoisotopic (exact) mass is 789 g/mol. The van der Waals surface area contributed by atoms with Crippen LogP contribution in [0.3, 0.4) is 0 Å². The average Bonchev–Trinajstić information content (AvgIpc) is 3.95. The van der Waals surface area contributed by atoms with E-state index in [0.29, 0.717) is 0 Å². The molecule has 0 saturated heterocycles. The summed E-state index contributed by atoms with van der Waals surface area (Å²) >= 11 is 3.48. The molecule has 59 heavy (non-hydrogen) atoms. The number of hydrogen-bond acceptors (Lipinski definition) is 5. The summed E-state index contributed by atoms with van der Waals surface area (Å²) in [4.78, 5) is 12.2. The Morgan fingerprint density at radius 2 is 0.661 bits per heavy atom. The summed E-state index contributed by atoms with van der Waals surface area (Å²) < 4.78 is 2.37. The fourth-order valence-corrected chi connectivity index (χ4v) is 9.87. The summed E-state index contributed by atoms with van der Waals surface area (Å²) in [5.41, 5.74) is 14.8. The van der Waals surface area contributed by atoms with Crippen molar-refractivity contribution in [1.29, 1.82) is 0 Å². The molecule has 11 rings (SSSR count). The van der Waals surface area contributed by atoms with Crippen LogP contribution in [-0.2, 0) is 0 Å². The highest BCUT2D eigenvalue weighted by Gasteiger charge is 2.16. The van der Waals surface area contributed by atoms with Crippen LogP contribution in [0.2, 0.25) is 0 Å². The quantitative estimate of drug-likeness (QED) is 0.154. The second-order valence-corrected chi connectivity index (χ2v) is 16.7. The van der Waals surface area contributed by atoms with Crippen molar-refractivity contribution in [3.63, 3.8) is 0 Å². The van der Waals surface area contributed by atoms with Gasteiger partial charge in [-0.3, -0.25) is 0 Å². The summed E-state index contributed by atoms with van der Waals surface area (Å²) in [6, 6.07) is 76.0. The maximum absolute atomic E-state index is 4.92. The van der Waals surface area contributed by atoms with E-state index in [2.05, 4.69) is 205 Å². The molecule has 0 spiro atoms. The first-order valence-corrected chi connectivity index (χ1v) is 21.3. The van der Waals surface area contributed by atoms with Crippen LogP contribution in [-0.4, -0.2) is 9.97 Å². The lowest BCUT2D eigenvalue weighted by molar-refractivity contribution is 1.29. The molecule has 3 nitrogen and oxygen atoms in total. The third-order valence-electron chi connectivity index (χ3n) is 10.9. The average molecular weight is 790 g/mol. The van der Waals surface area contributed by atoms with Crippen LogP contribution in [0.4, 0.5) is 17.1 Å². The van der Waals surface area contributed by atoms with Crippen LogP contribution in [0.15, 0.2) is 212 Å². The molecule has 0 bridgehead atoms. The van der Waals surface area contributed by atoms with E-state index in [1.165, 1.54) is 53.6 Å². The van der Waals surface area contributed by atoms with Crippen molar-refractivity contribution in [2.45, 2.75) is 0 Å². The maximum Gasteiger partial charge on any atom is 0.124 e. The van der Waals surface area contributed by atoms with Crippen LogP contribution < -0.4 is 4.90 Å². The molecule has 0 radical (unpaired) electrons. The normalized spacial score (nSPS) is 11.4. The van der Waals surface area contributed by atoms with Gasteiger partial charge < -0.3 is 4.90 Å². The minimum atomic E-state index is 1.03. The van der Waals surface area contributed by atoms with E-state index in [1.54, 1.807) is 22.7 Å². The van der Waals surface area contributed by atoms with E-state index in [9.17, 15) is 0 Å². The molecular weight excluding hydrogens is 755 g/mol. The number of anilines is 3. The number of benzene rings is 9. The van der Waals surface area contributed by atoms with Crippen molar-refractivity contribution in [3.8, 4) is 54.5 Å². The van der Waals surface area contributed by atoms with Crippen molar-refractivity contribution in [2.24, 2.45) is 0 Å². The van der Waals surface area contributed by atoms with E-state index >= 15 is 0 Å². The molecule has 11 aromatic rings. The molecule has 5 heteroatoms. The molecule has 0 fully saturated rings. The van der Waals surface area contributed by atoms with Gasteiger partial charge in [-0.05, 0) is 111 Å². The van der Waals surface area contributed by atoms with E-state index < -0.39 is 0 Å². The highest BCUT2D eigenvalue weighted by molar-refractivity contribution is 7.22. The maximum atomic E-state index is 4.92. The molecule has 0 aliphatic heterocycles. The van der Waals surface area contributed by atoms with Gasteiger partial charge in [0.25, 0.3) is 0 Å². The summed E-state index contributed by atoms with van der Waals surface area (Å²) in [6.45, 7) is 0. The molecule has 0 N–H and O–H groups in total. The first-order valence-electron chi connectivity index (χ1n) is 19.7. The molecule has 9 aromatic carbocycles. The molecule has 0 unspecified atom stereocenters. The van der Waals surface area contributed by atoms with Crippen molar-refractivity contribution in [1.82, 2.24) is 9.97 Å². The number of rotatable bonds is 8. The van der Waals surface area contributed by atoms with Gasteiger partial charge in [0.15, 0.2) is 0 Å². The number of thiazole rings is 2. The van der Waals surface area contributed by atoms with E-state index in [-0.39, 0.29) is 0 Å². The minimum absolute atomic E-state index is 1.03. The van der Waals surface area contributed by atoms with Gasteiger partial charge in [0, 0.05) is 28.2 Å². The number of hydrogen-bond donors (Lipinski definition) is 0. The molecule has 0 atom stereocenters. The number of fused-ring (bicyclic) bond motifs is 3. The zero-order valence-electron chi connectivity index (χ0n) is 31.9. The molecular formula is C54H35N3S2. The fraction of sp³-hybridized carbons (Fsp3) is 0. The van der Waals surface area contributed by atoms with E-state index in [4.69, 9.17) is 9.97 Å². The van der Waals surface area contributed by atoms with E-state index in [1.807, 2.05) is 12.1 Å². The molecule has 0 amide bonds. The lowest BCUT2D eigenvalue weighted by atomic mass is 10.00. The zero-order chi connectivity index (χ0) is 39.1. The van der Waals surface area contributed by atoms with Gasteiger partial charge in [0.05, 0.1) is 20.4 Å². The van der Waals surface area contributed by atoms with Gasteiger partial charge in [-0.15, -0.1) is 22.7 Å². The fourth-order valence-electron chi connectivity index (χ4n) is 7.85. The van der Waals surface area contributed by atoms with Gasteiger partial charge in [0.1, 0.15) is 10.0 Å². The Bertz CT molecular complexity index is 3080. The lowest BCUT2D eigenvalue weighted by Crippen LogP contribution is -2.09. The highest BCUT2D eigenvalue weighted by atomic mass is 32.1. The second-order valence-electron chi connectivity index (χ2n) is 14.7. The first-order chi connectivity index (χ1) is 29.2. The SMILES string of the molecule is c1ccc(-c2ccc3cc(N(c4ccc(-c5ccc6nc(-c7ccccc7)sc6c5)cc4)c4ccc(-c5ccc6nc(-c7ccccc7)sc6c5)cc4)ccc3c2)cc1. The molecule has 0 aliphatic rings. The first kappa shape index (κ1) is 35.0. The molecule has 0 aliphatic carbocycles. The van der Waals surface area contributed by atoms with Gasteiger partial charge in [0.2, 0.25) is 0 Å². The number of aromatic nitrogens is 2. The predicted molar refractivity (Wildman–Crippen MR) is 252 cm³/mol. The molecule has 2 aromatic heterocycles. The Balaban J connectivity index is 0.946. The third kappa shape index (κ3) is 6.87. The van der Waals surface area contributed by atoms with Gasteiger partial charge >= 0.3 is 0 Å². The van der Waals surface area contributed by atoms with Gasteiger partial charge in [-0.25, -0.2) is 9.97 Å². The lowest BCUT2D eigenvalue weighted by Gasteiger charge is -2.26. The van der Waals surface area contributed by atoms with E-state index in [0.717, 1.165) is 49.2 Å². The number of nitrogens with zero attached hydrogens (tertiary/aromatic N) is 3. The Morgan fingerprint density at radius 1 is 0.288 bits per heavy atom. The predicted octanol–water partition coefficient (Wildman–Crippen LogP) is 15.9. The summed E-state index contributed by atoms with van der Waals surface area (Å²) in [5.74, 6) is 0. The third-order valence-corrected chi connectivity index (χ3v) is 13.1. The van der Waals surface area contributed by atoms with Crippen LogP contribution in [0.25, 0.3) is 85.7 Å². The largest absolute Gasteiger partial charge is 0.310 e. The molecule has 0 saturated carbocycles. The Morgan fingerprint density at radius 3 is 1.17 bits per heavy atom. The van der Waals surface area contributed by atoms with Crippen molar-refractivity contribution in [2.75, 3.05) is 4.90 Å². The van der Waals surface area contributed by atoms with Crippen molar-refractivity contribution < 1.29 is 0 Å². The molecule has 2 heterocycles. The zero-order valence-corrected chi connectivity index (χ0v) is 33.5. The van der Waals surface area contributed by atoms with Crippen molar-refractivity contribution >= 4 is 70.9 Å². The highest BCUT2D eigenvalue weighted by Crippen LogP contribution is 2.40. The van der Waals surface area contributed by atoms with Crippen LogP contribution in [0, 0.1) is 0 Å². The van der Waals surface area contributed by atoms with Crippen LogP contribution in [0.5, 0.6) is 0 Å². The standard InChI is InChI=1S/C54H35N3S2/c1-4-10-36(11-5-1)41-16-17-43-33-48(29-22-42(43)32-41)57(46-25-18-37(19-26-46)44-23-30-49-51(34-44)58-53(55-49)39-12-6-2-7-13-39)47-27-20-38(21-28-47)45-24-31-50-52(35-45)59-54(56-50)40-14-8-3-9-15-40/h1-35H.